The highest BCUT2D eigenvalue weighted by molar-refractivity contribution is 6.33. The van der Waals surface area contributed by atoms with Crippen molar-refractivity contribution in [2.24, 2.45) is 0 Å². The van der Waals surface area contributed by atoms with Crippen LogP contribution in [0.1, 0.15) is 0 Å². The summed E-state index contributed by atoms with van der Waals surface area (Å²) in [5.74, 6) is 0.442. The highest BCUT2D eigenvalue weighted by Gasteiger charge is 2.09. The molecule has 0 fully saturated rings. The van der Waals surface area contributed by atoms with Gasteiger partial charge in [0.15, 0.2) is 0 Å². The highest BCUT2D eigenvalue weighted by Crippen LogP contribution is 2.07. The zero-order valence-electron chi connectivity index (χ0n) is 7.31. The van der Waals surface area contributed by atoms with Crippen LogP contribution in [0.25, 0.3) is 0 Å². The number of para-hydroxylation sites is 1. The summed E-state index contributed by atoms with van der Waals surface area (Å²) in [4.78, 5) is 0. The van der Waals surface area contributed by atoms with Crippen LogP contribution in [0, 0.1) is 0 Å². The van der Waals surface area contributed by atoms with Gasteiger partial charge in [-0.25, -0.2) is 0 Å². The van der Waals surface area contributed by atoms with E-state index in [2.05, 4.69) is 4.65 Å². The van der Waals surface area contributed by atoms with E-state index >= 15 is 0 Å². The molecule has 0 unspecified atom stereocenters. The van der Waals surface area contributed by atoms with Crippen molar-refractivity contribution in [3.05, 3.63) is 30.3 Å². The molecule has 1 aromatic rings. The maximum absolute atomic E-state index is 8.34. The molecule has 0 aliphatic rings. The molecule has 1 aromatic carbocycles. The summed E-state index contributed by atoms with van der Waals surface area (Å²) < 4.78 is 4.53. The molecule has 0 saturated carbocycles. The van der Waals surface area contributed by atoms with Gasteiger partial charge in [-0.05, 0) is 12.1 Å². The Morgan fingerprint density at radius 3 is 1.53 bits per heavy atom. The molecule has 0 amide bonds. The Balaban J connectivity index is -0.0000000667. The van der Waals surface area contributed by atoms with Crippen molar-refractivity contribution < 1.29 is 38.2 Å². The molecule has 9 heteroatoms. The lowest BCUT2D eigenvalue weighted by atomic mass is 10.2. The SMILES string of the molecule is F.F.F.F.F.OB(O)Oc1ccccc1. The molecular formula is C6H12BF5O3. The second-order valence-corrected chi connectivity index (χ2v) is 1.76. The van der Waals surface area contributed by atoms with Crippen LogP contribution in [0.2, 0.25) is 0 Å². The summed E-state index contributed by atoms with van der Waals surface area (Å²) in [6, 6.07) is 8.59. The minimum atomic E-state index is -1.73. The standard InChI is InChI=1S/C6H7BO3.5FH/c8-7(9)10-6-4-2-1-3-5-6;;;;;/h1-5,8-9H;5*1H. The van der Waals surface area contributed by atoms with E-state index < -0.39 is 7.32 Å². The fourth-order valence-corrected chi connectivity index (χ4v) is 0.621. The third-order valence-corrected chi connectivity index (χ3v) is 0.985. The zero-order chi connectivity index (χ0) is 7.40. The third kappa shape index (κ3) is 12.7. The van der Waals surface area contributed by atoms with Gasteiger partial charge in [-0.3, -0.25) is 23.5 Å². The first-order valence-electron chi connectivity index (χ1n) is 2.87. The van der Waals surface area contributed by atoms with Crippen molar-refractivity contribution in [1.82, 2.24) is 0 Å². The van der Waals surface area contributed by atoms with Crippen LogP contribution in [-0.4, -0.2) is 17.4 Å². The molecule has 0 spiro atoms. The molecule has 0 atom stereocenters. The lowest BCUT2D eigenvalue weighted by molar-refractivity contribution is 0.288. The zero-order valence-corrected chi connectivity index (χ0v) is 7.31. The Kier molecular flexibility index (Phi) is 29.5. The Morgan fingerprint density at radius 1 is 0.800 bits per heavy atom. The maximum Gasteiger partial charge on any atom is 0.707 e. The first-order valence-corrected chi connectivity index (χ1v) is 2.87. The second-order valence-electron chi connectivity index (χ2n) is 1.76. The fourth-order valence-electron chi connectivity index (χ4n) is 0.621. The van der Waals surface area contributed by atoms with Crippen LogP contribution in [0.5, 0.6) is 5.75 Å². The summed E-state index contributed by atoms with van der Waals surface area (Å²) in [7, 11) is -1.73. The molecule has 0 heterocycles. The Bertz CT molecular complexity index is 201. The van der Waals surface area contributed by atoms with Crippen LogP contribution >= 0.6 is 0 Å². The molecule has 0 aromatic heterocycles. The van der Waals surface area contributed by atoms with Crippen LogP contribution in [-0.2, 0) is 0 Å². The van der Waals surface area contributed by atoms with Gasteiger partial charge in [-0.2, -0.15) is 0 Å². The molecule has 92 valence electrons. The smallest absolute Gasteiger partial charge is 0.512 e. The molecular weight excluding hydrogens is 226 g/mol. The largest absolute Gasteiger partial charge is 0.707 e. The first-order chi connectivity index (χ1) is 4.79. The fraction of sp³-hybridized carbons (Fsp3) is 0. The van der Waals surface area contributed by atoms with Crippen molar-refractivity contribution in [3.8, 4) is 5.75 Å². The second kappa shape index (κ2) is 15.1. The van der Waals surface area contributed by atoms with Crippen molar-refractivity contribution in [2.75, 3.05) is 0 Å². The van der Waals surface area contributed by atoms with Gasteiger partial charge in [-0.15, -0.1) is 0 Å². The van der Waals surface area contributed by atoms with E-state index in [-0.39, 0.29) is 23.5 Å². The van der Waals surface area contributed by atoms with E-state index in [4.69, 9.17) is 10.0 Å². The number of benzene rings is 1. The van der Waals surface area contributed by atoms with Crippen molar-refractivity contribution in [3.63, 3.8) is 0 Å². The van der Waals surface area contributed by atoms with Gasteiger partial charge in [0.05, 0.1) is 0 Å². The van der Waals surface area contributed by atoms with Gasteiger partial charge in [0.1, 0.15) is 5.75 Å². The van der Waals surface area contributed by atoms with Gasteiger partial charge >= 0.3 is 7.32 Å². The lowest BCUT2D eigenvalue weighted by Gasteiger charge is -2.01. The average molecular weight is 238 g/mol. The van der Waals surface area contributed by atoms with Crippen molar-refractivity contribution in [2.45, 2.75) is 0 Å². The van der Waals surface area contributed by atoms with Crippen LogP contribution < -0.4 is 4.65 Å². The first kappa shape index (κ1) is 29.2. The van der Waals surface area contributed by atoms with Gasteiger partial charge in [0.25, 0.3) is 0 Å². The molecule has 0 bridgehead atoms. The highest BCUT2D eigenvalue weighted by atomic mass is 19.0. The molecule has 1 rings (SSSR count). The molecule has 0 aliphatic heterocycles. The van der Waals surface area contributed by atoms with Crippen molar-refractivity contribution in [1.29, 1.82) is 0 Å². The van der Waals surface area contributed by atoms with Gasteiger partial charge in [-0.1, -0.05) is 18.2 Å². The Hall–Kier alpha value is -1.35. The van der Waals surface area contributed by atoms with E-state index in [1.165, 1.54) is 0 Å². The summed E-state index contributed by atoms with van der Waals surface area (Å²) in [5, 5.41) is 16.7. The number of hydrogen-bond acceptors (Lipinski definition) is 3. The van der Waals surface area contributed by atoms with Gasteiger partial charge in [0, 0.05) is 0 Å². The number of hydrogen-bond donors (Lipinski definition) is 2. The van der Waals surface area contributed by atoms with Crippen LogP contribution in [0.4, 0.5) is 23.5 Å². The van der Waals surface area contributed by atoms with E-state index in [0.717, 1.165) is 0 Å². The maximum atomic E-state index is 8.34. The van der Waals surface area contributed by atoms with E-state index in [9.17, 15) is 0 Å². The molecule has 0 saturated heterocycles. The third-order valence-electron chi connectivity index (χ3n) is 0.985. The van der Waals surface area contributed by atoms with E-state index in [1.807, 2.05) is 6.07 Å². The summed E-state index contributed by atoms with van der Waals surface area (Å²) in [5.41, 5.74) is 0. The Labute approximate surface area is 82.7 Å². The minimum absolute atomic E-state index is 0. The van der Waals surface area contributed by atoms with Crippen LogP contribution in [0.3, 0.4) is 0 Å². The molecule has 0 aliphatic carbocycles. The summed E-state index contributed by atoms with van der Waals surface area (Å²) >= 11 is 0. The molecule has 3 nitrogen and oxygen atoms in total. The predicted molar refractivity (Wildman–Crippen MR) is 49.8 cm³/mol. The van der Waals surface area contributed by atoms with E-state index in [1.54, 1.807) is 24.3 Å². The number of rotatable bonds is 2. The lowest BCUT2D eigenvalue weighted by Crippen LogP contribution is -2.20. The topological polar surface area (TPSA) is 49.7 Å². The normalized spacial score (nSPS) is 6.00. The molecule has 2 N–H and O–H groups in total. The summed E-state index contributed by atoms with van der Waals surface area (Å²) in [6.07, 6.45) is 0. The van der Waals surface area contributed by atoms with Crippen LogP contribution in [0.15, 0.2) is 30.3 Å². The van der Waals surface area contributed by atoms with E-state index in [0.29, 0.717) is 5.75 Å². The van der Waals surface area contributed by atoms with Gasteiger partial charge in [0.2, 0.25) is 0 Å². The van der Waals surface area contributed by atoms with Crippen molar-refractivity contribution >= 4 is 7.32 Å². The Morgan fingerprint density at radius 2 is 1.20 bits per heavy atom. The molecule has 15 heavy (non-hydrogen) atoms. The summed E-state index contributed by atoms with van der Waals surface area (Å²) in [6.45, 7) is 0. The number of halogens is 5. The molecule has 0 radical (unpaired) electrons. The quantitative estimate of drug-likeness (QED) is 0.591. The minimum Gasteiger partial charge on any atom is -0.512 e. The monoisotopic (exact) mass is 238 g/mol. The van der Waals surface area contributed by atoms with Gasteiger partial charge < -0.3 is 14.7 Å². The average Bonchev–Trinajstić information content (AvgIpc) is 1.88. The predicted octanol–water partition coefficient (Wildman–Crippen LogP) is 0.797.